The largest absolute Gasteiger partial charge is 0.502 e. The van der Waals surface area contributed by atoms with Crippen LogP contribution in [0.25, 0.3) is 0 Å². The summed E-state index contributed by atoms with van der Waals surface area (Å²) in [6, 6.07) is 1.74. The molecule has 0 radical (unpaired) electrons. The van der Waals surface area contributed by atoms with Crippen LogP contribution in [0.2, 0.25) is 0 Å². The van der Waals surface area contributed by atoms with Crippen molar-refractivity contribution in [3.63, 3.8) is 0 Å². The second kappa shape index (κ2) is 4.77. The van der Waals surface area contributed by atoms with Crippen LogP contribution in [0.3, 0.4) is 0 Å². The zero-order valence-corrected chi connectivity index (χ0v) is 10.0. The molecule has 0 saturated heterocycles. The Hall–Kier alpha value is -1.18. The SMILES string of the molecule is C[C@@H](O)[C@@H](N)c1cc(Br)cc([N+](=O)[O-])c1O. The van der Waals surface area contributed by atoms with E-state index in [4.69, 9.17) is 5.73 Å². The highest BCUT2D eigenvalue weighted by Crippen LogP contribution is 2.36. The molecule has 0 spiro atoms. The van der Waals surface area contributed by atoms with Crippen molar-refractivity contribution in [2.75, 3.05) is 0 Å². The van der Waals surface area contributed by atoms with Crippen LogP contribution in [-0.4, -0.2) is 21.2 Å². The summed E-state index contributed by atoms with van der Waals surface area (Å²) in [6.07, 6.45) is -0.917. The normalized spacial score (nSPS) is 14.5. The second-order valence-corrected chi connectivity index (χ2v) is 4.30. The van der Waals surface area contributed by atoms with Gasteiger partial charge in [0.05, 0.1) is 17.1 Å². The lowest BCUT2D eigenvalue weighted by molar-refractivity contribution is -0.386. The lowest BCUT2D eigenvalue weighted by Gasteiger charge is -2.16. The first-order valence-electron chi connectivity index (χ1n) is 4.45. The Bertz CT molecular complexity index is 422. The molecule has 4 N–H and O–H groups in total. The average Bonchev–Trinajstić information content (AvgIpc) is 2.19. The first-order chi connectivity index (χ1) is 7.34. The number of hydrogen-bond donors (Lipinski definition) is 3. The number of benzene rings is 1. The van der Waals surface area contributed by atoms with Gasteiger partial charge in [0.1, 0.15) is 0 Å². The van der Waals surface area contributed by atoms with E-state index in [0.29, 0.717) is 4.47 Å². The Balaban J connectivity index is 3.35. The number of aliphatic hydroxyl groups is 1. The smallest absolute Gasteiger partial charge is 0.312 e. The van der Waals surface area contributed by atoms with Gasteiger partial charge >= 0.3 is 5.69 Å². The molecular weight excluding hydrogens is 280 g/mol. The summed E-state index contributed by atoms with van der Waals surface area (Å²) < 4.78 is 0.420. The van der Waals surface area contributed by atoms with Gasteiger partial charge in [-0.3, -0.25) is 10.1 Å². The zero-order chi connectivity index (χ0) is 12.5. The van der Waals surface area contributed by atoms with E-state index in [1.54, 1.807) is 0 Å². The summed E-state index contributed by atoms with van der Waals surface area (Å²) in [5, 5.41) is 29.6. The predicted octanol–water partition coefficient (Wildman–Crippen LogP) is 1.44. The third kappa shape index (κ3) is 2.49. The van der Waals surface area contributed by atoms with E-state index in [9.17, 15) is 20.3 Å². The van der Waals surface area contributed by atoms with Gasteiger partial charge < -0.3 is 15.9 Å². The van der Waals surface area contributed by atoms with Crippen molar-refractivity contribution in [3.8, 4) is 5.75 Å². The molecule has 0 fully saturated rings. The number of nitro benzene ring substituents is 1. The van der Waals surface area contributed by atoms with Gasteiger partial charge in [0, 0.05) is 16.1 Å². The van der Waals surface area contributed by atoms with Crippen LogP contribution in [0.1, 0.15) is 18.5 Å². The first-order valence-corrected chi connectivity index (χ1v) is 5.24. The van der Waals surface area contributed by atoms with E-state index in [1.807, 2.05) is 0 Å². The number of phenolic OH excluding ortho intramolecular Hbond substituents is 1. The number of nitrogens with two attached hydrogens (primary N) is 1. The lowest BCUT2D eigenvalue weighted by atomic mass is 10.0. The number of hydrogen-bond acceptors (Lipinski definition) is 5. The van der Waals surface area contributed by atoms with E-state index in [0.717, 1.165) is 0 Å². The molecule has 0 aromatic heterocycles. The van der Waals surface area contributed by atoms with Crippen molar-refractivity contribution < 1.29 is 15.1 Å². The minimum Gasteiger partial charge on any atom is -0.502 e. The van der Waals surface area contributed by atoms with Crippen LogP contribution in [0.5, 0.6) is 5.75 Å². The Labute approximate surface area is 100.0 Å². The topological polar surface area (TPSA) is 110 Å². The maximum atomic E-state index is 10.6. The molecule has 1 rings (SSSR count). The van der Waals surface area contributed by atoms with Crippen molar-refractivity contribution in [2.45, 2.75) is 19.1 Å². The number of nitrogens with zero attached hydrogens (tertiary/aromatic N) is 1. The molecule has 88 valence electrons. The highest BCUT2D eigenvalue weighted by Gasteiger charge is 2.24. The monoisotopic (exact) mass is 290 g/mol. The highest BCUT2D eigenvalue weighted by molar-refractivity contribution is 9.10. The van der Waals surface area contributed by atoms with E-state index in [2.05, 4.69) is 15.9 Å². The average molecular weight is 291 g/mol. The molecule has 0 aliphatic rings. The summed E-state index contributed by atoms with van der Waals surface area (Å²) in [4.78, 5) is 9.93. The fourth-order valence-corrected chi connectivity index (χ4v) is 1.72. The molecule has 0 saturated carbocycles. The molecule has 1 aromatic carbocycles. The number of rotatable bonds is 3. The molecule has 6 nitrogen and oxygen atoms in total. The second-order valence-electron chi connectivity index (χ2n) is 3.39. The van der Waals surface area contributed by atoms with Gasteiger partial charge in [0.15, 0.2) is 5.75 Å². The summed E-state index contributed by atoms with van der Waals surface area (Å²) in [5.74, 6) is -0.512. The van der Waals surface area contributed by atoms with E-state index >= 15 is 0 Å². The van der Waals surface area contributed by atoms with Gasteiger partial charge in [-0.05, 0) is 13.0 Å². The van der Waals surface area contributed by atoms with Crippen molar-refractivity contribution in [1.82, 2.24) is 0 Å². The number of halogens is 1. The third-order valence-corrected chi connectivity index (χ3v) is 2.62. The zero-order valence-electron chi connectivity index (χ0n) is 8.42. The summed E-state index contributed by atoms with van der Waals surface area (Å²) in [7, 11) is 0. The molecule has 7 heteroatoms. The molecule has 0 bridgehead atoms. The summed E-state index contributed by atoms with van der Waals surface area (Å²) in [5.41, 5.74) is 5.31. The molecule has 0 aliphatic carbocycles. The van der Waals surface area contributed by atoms with E-state index in [1.165, 1.54) is 19.1 Å². The van der Waals surface area contributed by atoms with Crippen molar-refractivity contribution in [3.05, 3.63) is 32.3 Å². The molecule has 0 aliphatic heterocycles. The molecule has 0 heterocycles. The summed E-state index contributed by atoms with van der Waals surface area (Å²) >= 11 is 3.08. The van der Waals surface area contributed by atoms with Gasteiger partial charge in [-0.1, -0.05) is 15.9 Å². The van der Waals surface area contributed by atoms with Crippen LogP contribution < -0.4 is 5.73 Å². The highest BCUT2D eigenvalue weighted by atomic mass is 79.9. The van der Waals surface area contributed by atoms with Crippen molar-refractivity contribution in [2.24, 2.45) is 5.73 Å². The van der Waals surface area contributed by atoms with Crippen LogP contribution in [0, 0.1) is 10.1 Å². The van der Waals surface area contributed by atoms with E-state index < -0.39 is 28.5 Å². The fourth-order valence-electron chi connectivity index (χ4n) is 1.26. The molecule has 0 amide bonds. The number of aromatic hydroxyl groups is 1. The molecule has 16 heavy (non-hydrogen) atoms. The minimum absolute atomic E-state index is 0.135. The number of nitro groups is 1. The fraction of sp³-hybridized carbons (Fsp3) is 0.333. The molecular formula is C9H11BrN2O4. The van der Waals surface area contributed by atoms with Gasteiger partial charge in [-0.25, -0.2) is 0 Å². The quantitative estimate of drug-likeness (QED) is 0.576. The third-order valence-electron chi connectivity index (χ3n) is 2.16. The van der Waals surface area contributed by atoms with Gasteiger partial charge in [-0.15, -0.1) is 0 Å². The summed E-state index contributed by atoms with van der Waals surface area (Å²) in [6.45, 7) is 1.44. The number of phenols is 1. The van der Waals surface area contributed by atoms with Crippen LogP contribution in [0.15, 0.2) is 16.6 Å². The van der Waals surface area contributed by atoms with E-state index in [-0.39, 0.29) is 5.56 Å². The number of aliphatic hydroxyl groups excluding tert-OH is 1. The lowest BCUT2D eigenvalue weighted by Crippen LogP contribution is -2.23. The predicted molar refractivity (Wildman–Crippen MR) is 61.1 cm³/mol. The standard InChI is InChI=1S/C9H11BrN2O4/c1-4(13)8(11)6-2-5(10)3-7(9(6)14)12(15)16/h2-4,8,13-14H,11H2,1H3/t4-,8-/m1/s1. The van der Waals surface area contributed by atoms with Crippen molar-refractivity contribution >= 4 is 21.6 Å². The van der Waals surface area contributed by atoms with Gasteiger partial charge in [0.25, 0.3) is 0 Å². The molecule has 2 atom stereocenters. The van der Waals surface area contributed by atoms with Crippen molar-refractivity contribution in [1.29, 1.82) is 0 Å². The Morgan fingerprint density at radius 1 is 1.56 bits per heavy atom. The van der Waals surface area contributed by atoms with Gasteiger partial charge in [-0.2, -0.15) is 0 Å². The van der Waals surface area contributed by atoms with Crippen LogP contribution in [-0.2, 0) is 0 Å². The maximum Gasteiger partial charge on any atom is 0.312 e. The first kappa shape index (κ1) is 12.9. The molecule has 1 aromatic rings. The van der Waals surface area contributed by atoms with Crippen LogP contribution in [0.4, 0.5) is 5.69 Å². The Morgan fingerprint density at radius 2 is 2.12 bits per heavy atom. The minimum atomic E-state index is -0.917. The molecule has 0 unspecified atom stereocenters. The Morgan fingerprint density at radius 3 is 2.56 bits per heavy atom. The van der Waals surface area contributed by atoms with Gasteiger partial charge in [0.2, 0.25) is 0 Å². The van der Waals surface area contributed by atoms with Crippen LogP contribution >= 0.6 is 15.9 Å². The maximum absolute atomic E-state index is 10.6. The Kier molecular flexibility index (Phi) is 3.84.